The summed E-state index contributed by atoms with van der Waals surface area (Å²) in [7, 11) is 0. The Bertz CT molecular complexity index is 415. The molecule has 3 aliphatic heterocycles. The number of hydrogen-bond donors (Lipinski definition) is 1. The summed E-state index contributed by atoms with van der Waals surface area (Å²) in [5, 5.41) is 9.21. The van der Waals surface area contributed by atoms with Crippen LogP contribution in [0.15, 0.2) is 10.6 Å². The van der Waals surface area contributed by atoms with Crippen molar-refractivity contribution in [2.45, 2.75) is 31.7 Å². The predicted octanol–water partition coefficient (Wildman–Crippen LogP) is 1.03. The lowest BCUT2D eigenvalue weighted by Crippen LogP contribution is -2.49. The number of rotatable bonds is 3. The molecule has 0 bridgehead atoms. The van der Waals surface area contributed by atoms with Crippen LogP contribution in [-0.4, -0.2) is 45.3 Å². The highest BCUT2D eigenvalue weighted by atomic mass is 32.2. The Morgan fingerprint density at radius 2 is 2.00 bits per heavy atom. The van der Waals surface area contributed by atoms with Gasteiger partial charge in [-0.1, -0.05) is 0 Å². The van der Waals surface area contributed by atoms with Crippen molar-refractivity contribution in [2.24, 2.45) is 0 Å². The largest absolute Gasteiger partial charge is 0.477 e. The van der Waals surface area contributed by atoms with E-state index in [1.54, 1.807) is 0 Å². The first-order valence-electron chi connectivity index (χ1n) is 5.88. The second-order valence-corrected chi connectivity index (χ2v) is 5.82. The highest BCUT2D eigenvalue weighted by molar-refractivity contribution is 8.00. The van der Waals surface area contributed by atoms with E-state index in [-0.39, 0.29) is 17.6 Å². The molecular weight excluding hydrogens is 240 g/mol. The summed E-state index contributed by atoms with van der Waals surface area (Å²) in [5.41, 5.74) is 0.225. The first-order chi connectivity index (χ1) is 8.16. The average Bonchev–Trinajstić information content (AvgIpc) is 2.84. The molecule has 2 fully saturated rings. The smallest absolute Gasteiger partial charge is 0.353 e. The zero-order chi connectivity index (χ0) is 12.0. The van der Waals surface area contributed by atoms with Crippen LogP contribution < -0.4 is 0 Å². The lowest BCUT2D eigenvalue weighted by Gasteiger charge is -2.34. The SMILES string of the molecule is O=C(O)C1=C(SN2CCCC2)CC2CC(=O)N12. The van der Waals surface area contributed by atoms with Crippen molar-refractivity contribution in [3.63, 3.8) is 0 Å². The Balaban J connectivity index is 1.81. The first kappa shape index (κ1) is 11.1. The van der Waals surface area contributed by atoms with Gasteiger partial charge in [0.25, 0.3) is 0 Å². The molecule has 0 aromatic rings. The molecule has 0 saturated carbocycles. The summed E-state index contributed by atoms with van der Waals surface area (Å²) in [6, 6.07) is 0.110. The first-order valence-corrected chi connectivity index (χ1v) is 6.65. The van der Waals surface area contributed by atoms with Crippen molar-refractivity contribution in [1.29, 1.82) is 0 Å². The van der Waals surface area contributed by atoms with Gasteiger partial charge in [-0.05, 0) is 24.8 Å². The van der Waals surface area contributed by atoms with Crippen molar-refractivity contribution in [2.75, 3.05) is 13.1 Å². The number of carboxylic acids is 1. The molecule has 0 radical (unpaired) electrons. The topological polar surface area (TPSA) is 60.9 Å². The van der Waals surface area contributed by atoms with Crippen LogP contribution in [0.25, 0.3) is 0 Å². The van der Waals surface area contributed by atoms with E-state index in [0.717, 1.165) is 18.0 Å². The van der Waals surface area contributed by atoms with E-state index in [1.165, 1.54) is 29.7 Å². The molecule has 0 aromatic carbocycles. The van der Waals surface area contributed by atoms with Gasteiger partial charge in [-0.3, -0.25) is 4.79 Å². The lowest BCUT2D eigenvalue weighted by atomic mass is 10.0. The van der Waals surface area contributed by atoms with Crippen molar-refractivity contribution < 1.29 is 14.7 Å². The van der Waals surface area contributed by atoms with Gasteiger partial charge in [0.1, 0.15) is 5.70 Å². The van der Waals surface area contributed by atoms with E-state index < -0.39 is 5.97 Å². The number of aliphatic carboxylic acids is 1. The van der Waals surface area contributed by atoms with Gasteiger partial charge in [0, 0.05) is 30.8 Å². The zero-order valence-electron chi connectivity index (χ0n) is 9.39. The number of amides is 1. The summed E-state index contributed by atoms with van der Waals surface area (Å²) < 4.78 is 2.20. The Morgan fingerprint density at radius 3 is 2.59 bits per heavy atom. The Kier molecular flexibility index (Phi) is 2.63. The van der Waals surface area contributed by atoms with Crippen molar-refractivity contribution in [3.8, 4) is 0 Å². The standard InChI is InChI=1S/C11H14N2O3S/c14-9-6-7-5-8(10(11(15)16)13(7)9)17-12-3-1-2-4-12/h7H,1-6H2,(H,15,16). The minimum atomic E-state index is -0.970. The molecule has 1 N–H and O–H groups in total. The number of nitrogens with zero attached hydrogens (tertiary/aromatic N) is 2. The van der Waals surface area contributed by atoms with Crippen LogP contribution >= 0.6 is 11.9 Å². The normalized spacial score (nSPS) is 28.6. The maximum absolute atomic E-state index is 11.4. The summed E-state index contributed by atoms with van der Waals surface area (Å²) in [4.78, 5) is 25.0. The minimum Gasteiger partial charge on any atom is -0.477 e. The van der Waals surface area contributed by atoms with Gasteiger partial charge in [-0.15, -0.1) is 0 Å². The van der Waals surface area contributed by atoms with Crippen LogP contribution in [-0.2, 0) is 9.59 Å². The molecule has 1 unspecified atom stereocenters. The Morgan fingerprint density at radius 1 is 1.29 bits per heavy atom. The predicted molar refractivity (Wildman–Crippen MR) is 62.9 cm³/mol. The van der Waals surface area contributed by atoms with Gasteiger partial charge in [-0.25, -0.2) is 9.10 Å². The number of β-lactam (4-membered cyclic amide) rings is 1. The number of hydrogen-bond acceptors (Lipinski definition) is 4. The maximum Gasteiger partial charge on any atom is 0.353 e. The van der Waals surface area contributed by atoms with E-state index in [0.29, 0.717) is 12.8 Å². The Labute approximate surface area is 104 Å². The van der Waals surface area contributed by atoms with Gasteiger partial charge >= 0.3 is 5.97 Å². The highest BCUT2D eigenvalue weighted by Crippen LogP contribution is 2.44. The van der Waals surface area contributed by atoms with Crippen molar-refractivity contribution >= 4 is 23.8 Å². The highest BCUT2D eigenvalue weighted by Gasteiger charge is 2.48. The van der Waals surface area contributed by atoms with Crippen LogP contribution in [0.4, 0.5) is 0 Å². The maximum atomic E-state index is 11.4. The van der Waals surface area contributed by atoms with E-state index in [9.17, 15) is 14.7 Å². The lowest BCUT2D eigenvalue weighted by molar-refractivity contribution is -0.147. The van der Waals surface area contributed by atoms with Crippen molar-refractivity contribution in [1.82, 2.24) is 9.21 Å². The van der Waals surface area contributed by atoms with Crippen molar-refractivity contribution in [3.05, 3.63) is 10.6 Å². The molecule has 5 nitrogen and oxygen atoms in total. The van der Waals surface area contributed by atoms with Gasteiger partial charge in [0.05, 0.1) is 6.04 Å². The Hall–Kier alpha value is -1.01. The third-order valence-corrected chi connectivity index (χ3v) is 4.68. The number of carbonyl (C=O) groups excluding carboxylic acids is 1. The van der Waals surface area contributed by atoms with E-state index >= 15 is 0 Å². The van der Waals surface area contributed by atoms with E-state index in [1.807, 2.05) is 0 Å². The molecule has 2 saturated heterocycles. The fraction of sp³-hybridized carbons (Fsp3) is 0.636. The molecule has 6 heteroatoms. The fourth-order valence-electron chi connectivity index (χ4n) is 2.64. The third-order valence-electron chi connectivity index (χ3n) is 3.48. The average molecular weight is 254 g/mol. The van der Waals surface area contributed by atoms with Crippen LogP contribution in [0.2, 0.25) is 0 Å². The zero-order valence-corrected chi connectivity index (χ0v) is 10.2. The second kappa shape index (κ2) is 4.03. The van der Waals surface area contributed by atoms with Gasteiger partial charge in [-0.2, -0.15) is 0 Å². The monoisotopic (exact) mass is 254 g/mol. The molecule has 0 spiro atoms. The summed E-state index contributed by atoms with van der Waals surface area (Å²) >= 11 is 1.54. The molecule has 3 heterocycles. The van der Waals surface area contributed by atoms with Crippen LogP contribution in [0.1, 0.15) is 25.7 Å². The van der Waals surface area contributed by atoms with E-state index in [4.69, 9.17) is 0 Å². The summed E-state index contributed by atoms with van der Waals surface area (Å²) in [5.74, 6) is -1.02. The second-order valence-electron chi connectivity index (χ2n) is 4.63. The molecular formula is C11H14N2O3S. The number of fused-ring (bicyclic) bond motifs is 1. The molecule has 1 atom stereocenters. The molecule has 17 heavy (non-hydrogen) atoms. The van der Waals surface area contributed by atoms with Crippen LogP contribution in [0, 0.1) is 0 Å². The molecule has 0 aliphatic carbocycles. The van der Waals surface area contributed by atoms with Gasteiger partial charge in [0.15, 0.2) is 0 Å². The molecule has 3 rings (SSSR count). The van der Waals surface area contributed by atoms with Gasteiger partial charge < -0.3 is 10.0 Å². The summed E-state index contributed by atoms with van der Waals surface area (Å²) in [6.07, 6.45) is 3.57. The van der Waals surface area contributed by atoms with Crippen LogP contribution in [0.3, 0.4) is 0 Å². The number of carbonyl (C=O) groups is 2. The quantitative estimate of drug-likeness (QED) is 0.602. The molecule has 0 aromatic heterocycles. The molecule has 1 amide bonds. The van der Waals surface area contributed by atoms with Crippen LogP contribution in [0.5, 0.6) is 0 Å². The molecule has 92 valence electrons. The van der Waals surface area contributed by atoms with E-state index in [2.05, 4.69) is 4.31 Å². The molecule has 3 aliphatic rings. The minimum absolute atomic E-state index is 0.0515. The van der Waals surface area contributed by atoms with Gasteiger partial charge in [0.2, 0.25) is 5.91 Å². The third kappa shape index (κ3) is 1.75. The number of carboxylic acid groups (broad SMARTS) is 1. The fourth-order valence-corrected chi connectivity index (χ4v) is 3.93. The summed E-state index contributed by atoms with van der Waals surface area (Å²) in [6.45, 7) is 2.03.